The molecular formula is C22H21NOS. The highest BCUT2D eigenvalue weighted by Gasteiger charge is 2.14. The van der Waals surface area contributed by atoms with Crippen molar-refractivity contribution in [1.29, 1.82) is 0 Å². The average molecular weight is 347 g/mol. The number of amides is 1. The van der Waals surface area contributed by atoms with Gasteiger partial charge in [-0.2, -0.15) is 0 Å². The highest BCUT2D eigenvalue weighted by Crippen LogP contribution is 2.20. The second kappa shape index (κ2) is 8.45. The smallest absolute Gasteiger partial charge is 0.227 e. The third-order valence-corrected chi connectivity index (χ3v) is 4.91. The fourth-order valence-corrected chi connectivity index (χ4v) is 3.45. The molecule has 3 rings (SSSR count). The van der Waals surface area contributed by atoms with E-state index in [1.165, 1.54) is 16.0 Å². The molecule has 0 saturated carbocycles. The van der Waals surface area contributed by atoms with E-state index in [0.29, 0.717) is 19.5 Å². The highest BCUT2D eigenvalue weighted by atomic mass is 32.1. The van der Waals surface area contributed by atoms with Crippen molar-refractivity contribution < 1.29 is 4.79 Å². The Morgan fingerprint density at radius 1 is 0.960 bits per heavy atom. The molecule has 0 spiro atoms. The van der Waals surface area contributed by atoms with Gasteiger partial charge in [0.25, 0.3) is 0 Å². The Balaban J connectivity index is 1.67. The quantitative estimate of drug-likeness (QED) is 0.540. The Bertz CT molecular complexity index is 807. The first-order valence-electron chi connectivity index (χ1n) is 8.31. The summed E-state index contributed by atoms with van der Waals surface area (Å²) in [5.41, 5.74) is 3.38. The fourth-order valence-electron chi connectivity index (χ4n) is 2.73. The lowest BCUT2D eigenvalue weighted by Gasteiger charge is -2.20. The van der Waals surface area contributed by atoms with Crippen LogP contribution in [-0.2, 0) is 17.8 Å². The standard InChI is InChI=1S/C22H21NOS/c1-2-14-23(17-21-9-6-15-25-21)22(24)16-18-10-12-20(13-11-18)19-7-4-3-5-8-19/h2-13,15H,1,14,16-17H2. The molecule has 3 heteroatoms. The topological polar surface area (TPSA) is 20.3 Å². The fraction of sp³-hybridized carbons (Fsp3) is 0.136. The van der Waals surface area contributed by atoms with Gasteiger partial charge in [-0.3, -0.25) is 4.79 Å². The van der Waals surface area contributed by atoms with Crippen LogP contribution in [0.2, 0.25) is 0 Å². The third kappa shape index (κ3) is 4.68. The SMILES string of the molecule is C=CCN(Cc1cccs1)C(=O)Cc1ccc(-c2ccccc2)cc1. The van der Waals surface area contributed by atoms with E-state index in [0.717, 1.165) is 5.56 Å². The van der Waals surface area contributed by atoms with Crippen molar-refractivity contribution in [2.75, 3.05) is 6.54 Å². The van der Waals surface area contributed by atoms with Crippen molar-refractivity contribution in [3.63, 3.8) is 0 Å². The summed E-state index contributed by atoms with van der Waals surface area (Å²) < 4.78 is 0. The van der Waals surface area contributed by atoms with Crippen molar-refractivity contribution in [2.45, 2.75) is 13.0 Å². The molecule has 0 aliphatic heterocycles. The zero-order valence-corrected chi connectivity index (χ0v) is 14.9. The van der Waals surface area contributed by atoms with E-state index < -0.39 is 0 Å². The lowest BCUT2D eigenvalue weighted by Crippen LogP contribution is -2.31. The third-order valence-electron chi connectivity index (χ3n) is 4.05. The van der Waals surface area contributed by atoms with Gasteiger partial charge in [0, 0.05) is 11.4 Å². The van der Waals surface area contributed by atoms with Crippen LogP contribution in [0.15, 0.2) is 84.8 Å². The summed E-state index contributed by atoms with van der Waals surface area (Å²) in [5, 5.41) is 2.04. The van der Waals surface area contributed by atoms with Crippen LogP contribution >= 0.6 is 11.3 Å². The van der Waals surface area contributed by atoms with Crippen LogP contribution in [0.5, 0.6) is 0 Å². The second-order valence-corrected chi connectivity index (χ2v) is 6.91. The molecule has 1 heterocycles. The van der Waals surface area contributed by atoms with Gasteiger partial charge in [0.2, 0.25) is 5.91 Å². The normalized spacial score (nSPS) is 10.4. The van der Waals surface area contributed by atoms with Crippen LogP contribution in [0, 0.1) is 0 Å². The number of carbonyl (C=O) groups excluding carboxylic acids is 1. The minimum atomic E-state index is 0.126. The second-order valence-electron chi connectivity index (χ2n) is 5.88. The van der Waals surface area contributed by atoms with E-state index in [1.54, 1.807) is 17.4 Å². The van der Waals surface area contributed by atoms with E-state index >= 15 is 0 Å². The maximum absolute atomic E-state index is 12.7. The Labute approximate surface area is 153 Å². The van der Waals surface area contributed by atoms with Crippen LogP contribution < -0.4 is 0 Å². The first-order valence-corrected chi connectivity index (χ1v) is 9.19. The Morgan fingerprint density at radius 3 is 2.32 bits per heavy atom. The number of thiophene rings is 1. The number of hydrogen-bond acceptors (Lipinski definition) is 2. The number of rotatable bonds is 7. The van der Waals surface area contributed by atoms with E-state index in [4.69, 9.17) is 0 Å². The molecule has 126 valence electrons. The van der Waals surface area contributed by atoms with Crippen LogP contribution in [-0.4, -0.2) is 17.4 Å². The van der Waals surface area contributed by atoms with Gasteiger partial charge in [0.1, 0.15) is 0 Å². The van der Waals surface area contributed by atoms with Gasteiger partial charge < -0.3 is 4.90 Å². The minimum absolute atomic E-state index is 0.126. The molecule has 1 amide bonds. The molecule has 0 radical (unpaired) electrons. The molecule has 1 aromatic heterocycles. The lowest BCUT2D eigenvalue weighted by molar-refractivity contribution is -0.130. The first kappa shape index (κ1) is 17.2. The van der Waals surface area contributed by atoms with E-state index in [1.807, 2.05) is 46.7 Å². The summed E-state index contributed by atoms with van der Waals surface area (Å²) in [4.78, 5) is 15.7. The molecule has 25 heavy (non-hydrogen) atoms. The summed E-state index contributed by atoms with van der Waals surface area (Å²) in [5.74, 6) is 0.126. The van der Waals surface area contributed by atoms with Crippen molar-refractivity contribution in [1.82, 2.24) is 4.90 Å². The van der Waals surface area contributed by atoms with E-state index in [2.05, 4.69) is 36.9 Å². The van der Waals surface area contributed by atoms with Crippen molar-refractivity contribution in [3.05, 3.63) is 95.2 Å². The molecule has 0 fully saturated rings. The summed E-state index contributed by atoms with van der Waals surface area (Å²) in [7, 11) is 0. The molecular weight excluding hydrogens is 326 g/mol. The van der Waals surface area contributed by atoms with Crippen molar-refractivity contribution >= 4 is 17.2 Å². The van der Waals surface area contributed by atoms with Crippen LogP contribution in [0.4, 0.5) is 0 Å². The van der Waals surface area contributed by atoms with Gasteiger partial charge in [-0.15, -0.1) is 17.9 Å². The van der Waals surface area contributed by atoms with Crippen molar-refractivity contribution in [2.24, 2.45) is 0 Å². The number of hydrogen-bond donors (Lipinski definition) is 0. The molecule has 0 saturated heterocycles. The molecule has 2 aromatic carbocycles. The summed E-state index contributed by atoms with van der Waals surface area (Å²) in [6, 6.07) is 22.6. The molecule has 0 aliphatic carbocycles. The van der Waals surface area contributed by atoms with Gasteiger partial charge in [0.15, 0.2) is 0 Å². The summed E-state index contributed by atoms with van der Waals surface area (Å²) in [6.07, 6.45) is 2.19. The maximum atomic E-state index is 12.7. The molecule has 2 nitrogen and oxygen atoms in total. The van der Waals surface area contributed by atoms with Crippen LogP contribution in [0.25, 0.3) is 11.1 Å². The predicted molar refractivity (Wildman–Crippen MR) is 106 cm³/mol. The number of benzene rings is 2. The summed E-state index contributed by atoms with van der Waals surface area (Å²) >= 11 is 1.67. The molecule has 3 aromatic rings. The zero-order chi connectivity index (χ0) is 17.5. The number of carbonyl (C=O) groups is 1. The molecule has 0 aliphatic rings. The Kier molecular flexibility index (Phi) is 5.81. The monoisotopic (exact) mass is 347 g/mol. The van der Waals surface area contributed by atoms with Crippen LogP contribution in [0.1, 0.15) is 10.4 Å². The summed E-state index contributed by atoms with van der Waals surface area (Å²) in [6.45, 7) is 4.99. The lowest BCUT2D eigenvalue weighted by atomic mass is 10.0. The van der Waals surface area contributed by atoms with Gasteiger partial charge in [0.05, 0.1) is 13.0 Å². The molecule has 0 N–H and O–H groups in total. The highest BCUT2D eigenvalue weighted by molar-refractivity contribution is 7.09. The largest absolute Gasteiger partial charge is 0.334 e. The van der Waals surface area contributed by atoms with Gasteiger partial charge >= 0.3 is 0 Å². The Hall–Kier alpha value is -2.65. The average Bonchev–Trinajstić information content (AvgIpc) is 3.16. The molecule has 0 atom stereocenters. The zero-order valence-electron chi connectivity index (χ0n) is 14.1. The van der Waals surface area contributed by atoms with E-state index in [-0.39, 0.29) is 5.91 Å². The first-order chi connectivity index (χ1) is 12.3. The predicted octanol–water partition coefficient (Wildman–Crippen LogP) is 5.17. The van der Waals surface area contributed by atoms with Gasteiger partial charge in [-0.05, 0) is 28.1 Å². The maximum Gasteiger partial charge on any atom is 0.227 e. The van der Waals surface area contributed by atoms with Crippen molar-refractivity contribution in [3.8, 4) is 11.1 Å². The van der Waals surface area contributed by atoms with Gasteiger partial charge in [-0.25, -0.2) is 0 Å². The molecule has 0 unspecified atom stereocenters. The van der Waals surface area contributed by atoms with E-state index in [9.17, 15) is 4.79 Å². The van der Waals surface area contributed by atoms with Gasteiger partial charge in [-0.1, -0.05) is 66.7 Å². The number of nitrogens with zero attached hydrogens (tertiary/aromatic N) is 1. The molecule has 0 bridgehead atoms. The minimum Gasteiger partial charge on any atom is -0.334 e. The van der Waals surface area contributed by atoms with Crippen LogP contribution in [0.3, 0.4) is 0 Å². The Morgan fingerprint density at radius 2 is 1.68 bits per heavy atom.